The van der Waals surface area contributed by atoms with Crippen molar-refractivity contribution >= 4 is 49.2 Å². The summed E-state index contributed by atoms with van der Waals surface area (Å²) in [5, 5.41) is 0. The molecule has 0 aromatic carbocycles. The summed E-state index contributed by atoms with van der Waals surface area (Å²) < 4.78 is 1.46. The number of hydrogen-bond acceptors (Lipinski definition) is 0. The van der Waals surface area contributed by atoms with Gasteiger partial charge in [-0.3, -0.25) is 0 Å². The molecule has 34 valence electrons. The average Bonchev–Trinajstić information content (AvgIpc) is 0.918. The van der Waals surface area contributed by atoms with E-state index < -0.39 is 0 Å². The molecular formula is C2H9Cl2In. The van der Waals surface area contributed by atoms with Crippen molar-refractivity contribution in [2.75, 3.05) is 0 Å². The van der Waals surface area contributed by atoms with E-state index in [1.807, 2.05) is 0 Å². The summed E-state index contributed by atoms with van der Waals surface area (Å²) in [5.74, 6) is 0. The summed E-state index contributed by atoms with van der Waals surface area (Å²) >= 11 is 0.982. The van der Waals surface area contributed by atoms with Crippen LogP contribution in [0.25, 0.3) is 0 Å². The molecule has 5 heavy (non-hydrogen) atoms. The summed E-state index contributed by atoms with van der Waals surface area (Å²) in [7, 11) is 0. The first kappa shape index (κ1) is 16.1. The Labute approximate surface area is 60.1 Å². The SMILES string of the molecule is C[CH2][InH2].Cl.Cl. The van der Waals surface area contributed by atoms with Crippen LogP contribution in [0.3, 0.4) is 0 Å². The Morgan fingerprint density at radius 1 is 1.40 bits per heavy atom. The molecular weight excluding hydrogens is 210 g/mol. The van der Waals surface area contributed by atoms with Crippen molar-refractivity contribution in [2.24, 2.45) is 0 Å². The van der Waals surface area contributed by atoms with Crippen LogP contribution in [0.15, 0.2) is 0 Å². The van der Waals surface area contributed by atoms with Crippen LogP contribution in [0.2, 0.25) is 4.18 Å². The maximum atomic E-state index is 2.22. The van der Waals surface area contributed by atoms with Crippen LogP contribution in [0.1, 0.15) is 6.92 Å². The van der Waals surface area contributed by atoms with E-state index in [-0.39, 0.29) is 24.8 Å². The quantitative estimate of drug-likeness (QED) is 0.567. The molecule has 0 bridgehead atoms. The largest absolute Gasteiger partial charge is 0.147 e. The van der Waals surface area contributed by atoms with Gasteiger partial charge in [0, 0.05) is 0 Å². The van der Waals surface area contributed by atoms with Gasteiger partial charge < -0.3 is 0 Å². The van der Waals surface area contributed by atoms with Crippen LogP contribution in [0.4, 0.5) is 0 Å². The molecule has 0 unspecified atom stereocenters. The Morgan fingerprint density at radius 2 is 1.40 bits per heavy atom. The van der Waals surface area contributed by atoms with E-state index in [9.17, 15) is 0 Å². The van der Waals surface area contributed by atoms with Crippen LogP contribution >= 0.6 is 24.8 Å². The monoisotopic (exact) mass is 218 g/mol. The minimum atomic E-state index is 0. The molecule has 0 fully saturated rings. The fourth-order valence-electron chi connectivity index (χ4n) is 0. The zero-order valence-corrected chi connectivity index (χ0v) is 10.9. The van der Waals surface area contributed by atoms with Crippen LogP contribution in [-0.2, 0) is 0 Å². The molecule has 0 saturated heterocycles. The molecule has 0 radical (unpaired) electrons. The summed E-state index contributed by atoms with van der Waals surface area (Å²) in [6.07, 6.45) is 0. The van der Waals surface area contributed by atoms with Crippen LogP contribution < -0.4 is 0 Å². The third-order valence-electron chi connectivity index (χ3n) is 0. The van der Waals surface area contributed by atoms with Crippen LogP contribution in [-0.4, -0.2) is 24.4 Å². The number of halogens is 2. The normalized spacial score (nSPS) is 3.40. The summed E-state index contributed by atoms with van der Waals surface area (Å²) in [4.78, 5) is 0. The van der Waals surface area contributed by atoms with Gasteiger partial charge in [-0.05, 0) is 0 Å². The molecule has 0 rings (SSSR count). The maximum Gasteiger partial charge on any atom is -0.147 e. The van der Waals surface area contributed by atoms with Crippen molar-refractivity contribution in [1.29, 1.82) is 0 Å². The van der Waals surface area contributed by atoms with Crippen LogP contribution in [0, 0.1) is 0 Å². The molecule has 0 aliphatic heterocycles. The standard InChI is InChI=1S/C2H5.2ClH.In.2H/c1-2;;;;;/h1H2,2H3;2*1H;;;. The van der Waals surface area contributed by atoms with Gasteiger partial charge in [-0.2, -0.15) is 0 Å². The van der Waals surface area contributed by atoms with E-state index in [4.69, 9.17) is 0 Å². The Bertz CT molecular complexity index is 7.61. The van der Waals surface area contributed by atoms with Gasteiger partial charge in [-0.1, -0.05) is 0 Å². The van der Waals surface area contributed by atoms with Gasteiger partial charge in [0.1, 0.15) is 0 Å². The molecule has 0 atom stereocenters. The van der Waals surface area contributed by atoms with Crippen molar-refractivity contribution in [3.63, 3.8) is 0 Å². The second-order valence-corrected chi connectivity index (χ2v) is 4.74. The predicted molar refractivity (Wildman–Crippen MR) is 33.5 cm³/mol. The molecule has 0 heterocycles. The molecule has 0 nitrogen and oxygen atoms in total. The van der Waals surface area contributed by atoms with E-state index >= 15 is 0 Å². The van der Waals surface area contributed by atoms with Gasteiger partial charge in [0.05, 0.1) is 0 Å². The van der Waals surface area contributed by atoms with E-state index in [1.54, 1.807) is 0 Å². The Morgan fingerprint density at radius 3 is 1.40 bits per heavy atom. The summed E-state index contributed by atoms with van der Waals surface area (Å²) in [6, 6.07) is 0. The molecule has 0 aromatic heterocycles. The van der Waals surface area contributed by atoms with Gasteiger partial charge in [0.15, 0.2) is 0 Å². The maximum absolute atomic E-state index is 2.22. The molecule has 0 spiro atoms. The first-order valence-corrected chi connectivity index (χ1v) is 5.45. The first-order valence-electron chi connectivity index (χ1n) is 1.41. The molecule has 0 saturated carbocycles. The van der Waals surface area contributed by atoms with E-state index in [0.717, 1.165) is 24.4 Å². The minimum Gasteiger partial charge on any atom is -0.147 e. The predicted octanol–water partition coefficient (Wildman–Crippen LogP) is 0.901. The third-order valence-corrected chi connectivity index (χ3v) is 0. The summed E-state index contributed by atoms with van der Waals surface area (Å²) in [6.45, 7) is 2.22. The second-order valence-electron chi connectivity index (χ2n) is 0.707. The Kier molecular flexibility index (Phi) is 57.9. The zero-order chi connectivity index (χ0) is 2.71. The van der Waals surface area contributed by atoms with Gasteiger partial charge in [0.2, 0.25) is 0 Å². The Balaban J connectivity index is -0.0000000200. The van der Waals surface area contributed by atoms with Gasteiger partial charge in [-0.25, -0.2) is 0 Å². The van der Waals surface area contributed by atoms with Gasteiger partial charge in [-0.15, -0.1) is 24.8 Å². The first-order chi connectivity index (χ1) is 1.41. The topological polar surface area (TPSA) is 0 Å². The van der Waals surface area contributed by atoms with Gasteiger partial charge in [0.25, 0.3) is 0 Å². The molecule has 0 aliphatic rings. The van der Waals surface area contributed by atoms with Crippen molar-refractivity contribution in [1.82, 2.24) is 0 Å². The molecule has 3 heteroatoms. The smallest absolute Gasteiger partial charge is 0.147 e. The second kappa shape index (κ2) is 18.0. The molecule has 0 aliphatic carbocycles. The molecule has 0 aromatic rings. The fraction of sp³-hybridized carbons (Fsp3) is 1.00. The summed E-state index contributed by atoms with van der Waals surface area (Å²) in [5.41, 5.74) is 0. The van der Waals surface area contributed by atoms with Crippen molar-refractivity contribution in [3.8, 4) is 0 Å². The van der Waals surface area contributed by atoms with E-state index in [0.29, 0.717) is 0 Å². The van der Waals surface area contributed by atoms with Crippen molar-refractivity contribution in [2.45, 2.75) is 11.1 Å². The molecule has 0 amide bonds. The van der Waals surface area contributed by atoms with E-state index in [1.165, 1.54) is 4.18 Å². The van der Waals surface area contributed by atoms with Crippen molar-refractivity contribution in [3.05, 3.63) is 0 Å². The number of rotatable bonds is 0. The molecule has 0 N–H and O–H groups in total. The number of hydrogen-bond donors (Lipinski definition) is 0. The Hall–Kier alpha value is 1.45. The van der Waals surface area contributed by atoms with Gasteiger partial charge >= 0.3 is 35.5 Å². The average molecular weight is 219 g/mol. The minimum absolute atomic E-state index is 0. The fourth-order valence-corrected chi connectivity index (χ4v) is 0. The third kappa shape index (κ3) is 30.9. The van der Waals surface area contributed by atoms with Crippen LogP contribution in [0.5, 0.6) is 0 Å². The zero-order valence-electron chi connectivity index (χ0n) is 3.52. The van der Waals surface area contributed by atoms with E-state index in [2.05, 4.69) is 6.92 Å². The van der Waals surface area contributed by atoms with Crippen molar-refractivity contribution < 1.29 is 0 Å².